The molecule has 5 heteroatoms. The molecule has 0 unspecified atom stereocenters. The molecular formula is C12H14ClN3O. The Bertz CT molecular complexity index is 484. The second-order valence-corrected chi connectivity index (χ2v) is 4.07. The van der Waals surface area contributed by atoms with E-state index in [1.165, 1.54) is 11.1 Å². The van der Waals surface area contributed by atoms with Gasteiger partial charge in [0.1, 0.15) is 5.88 Å². The lowest BCUT2D eigenvalue weighted by molar-refractivity contribution is 0.525. The van der Waals surface area contributed by atoms with Gasteiger partial charge < -0.3 is 9.73 Å². The number of rotatable bonds is 5. The van der Waals surface area contributed by atoms with Crippen LogP contribution in [0.5, 0.6) is 0 Å². The molecule has 90 valence electrons. The number of hydrogen-bond donors (Lipinski definition) is 1. The summed E-state index contributed by atoms with van der Waals surface area (Å²) in [5, 5.41) is 10.7. The van der Waals surface area contributed by atoms with Gasteiger partial charge in [-0.25, -0.2) is 0 Å². The molecule has 0 aliphatic rings. The average Bonchev–Trinajstić information content (AvgIpc) is 2.77. The fourth-order valence-electron chi connectivity index (χ4n) is 1.56. The Morgan fingerprint density at radius 1 is 1.35 bits per heavy atom. The molecule has 2 rings (SSSR count). The summed E-state index contributed by atoms with van der Waals surface area (Å²) >= 11 is 5.56. The van der Waals surface area contributed by atoms with Crippen LogP contribution in [0.25, 0.3) is 0 Å². The highest BCUT2D eigenvalue weighted by Gasteiger charge is 2.03. The minimum Gasteiger partial charge on any atom is -0.407 e. The molecule has 0 radical (unpaired) electrons. The van der Waals surface area contributed by atoms with Crippen LogP contribution >= 0.6 is 11.6 Å². The first-order valence-electron chi connectivity index (χ1n) is 5.45. The van der Waals surface area contributed by atoms with E-state index in [1.807, 2.05) is 0 Å². The highest BCUT2D eigenvalue weighted by atomic mass is 35.5. The van der Waals surface area contributed by atoms with Crippen molar-refractivity contribution in [2.45, 2.75) is 19.2 Å². The maximum atomic E-state index is 5.56. The molecule has 1 heterocycles. The van der Waals surface area contributed by atoms with Gasteiger partial charge in [-0.15, -0.1) is 16.7 Å². The van der Waals surface area contributed by atoms with Crippen molar-refractivity contribution in [2.75, 3.05) is 11.9 Å². The smallest absolute Gasteiger partial charge is 0.315 e. The molecule has 1 aromatic heterocycles. The van der Waals surface area contributed by atoms with Crippen LogP contribution in [-0.4, -0.2) is 16.7 Å². The highest BCUT2D eigenvalue weighted by molar-refractivity contribution is 6.16. The van der Waals surface area contributed by atoms with Crippen LogP contribution in [0.2, 0.25) is 0 Å². The molecule has 0 aliphatic heterocycles. The van der Waals surface area contributed by atoms with Gasteiger partial charge in [-0.2, -0.15) is 0 Å². The molecule has 17 heavy (non-hydrogen) atoms. The number of anilines is 1. The maximum Gasteiger partial charge on any atom is 0.315 e. The van der Waals surface area contributed by atoms with Crippen molar-refractivity contribution in [2.24, 2.45) is 0 Å². The van der Waals surface area contributed by atoms with E-state index in [-0.39, 0.29) is 5.88 Å². The number of halogens is 1. The van der Waals surface area contributed by atoms with Gasteiger partial charge in [0.2, 0.25) is 5.89 Å². The fourth-order valence-corrected chi connectivity index (χ4v) is 1.67. The predicted octanol–water partition coefficient (Wildman–Crippen LogP) is 2.77. The molecule has 0 saturated carbocycles. The van der Waals surface area contributed by atoms with Crippen molar-refractivity contribution in [3.05, 3.63) is 41.3 Å². The average molecular weight is 252 g/mol. The van der Waals surface area contributed by atoms with E-state index in [9.17, 15) is 0 Å². The Morgan fingerprint density at radius 2 is 2.24 bits per heavy atom. The van der Waals surface area contributed by atoms with E-state index in [2.05, 4.69) is 46.7 Å². The zero-order chi connectivity index (χ0) is 12.1. The third kappa shape index (κ3) is 3.46. The first kappa shape index (κ1) is 11.9. The quantitative estimate of drug-likeness (QED) is 0.831. The van der Waals surface area contributed by atoms with Gasteiger partial charge in [0.25, 0.3) is 0 Å². The van der Waals surface area contributed by atoms with Gasteiger partial charge in [0.05, 0.1) is 0 Å². The van der Waals surface area contributed by atoms with Crippen LogP contribution in [0.3, 0.4) is 0 Å². The van der Waals surface area contributed by atoms with Crippen LogP contribution in [-0.2, 0) is 12.3 Å². The topological polar surface area (TPSA) is 51.0 Å². The van der Waals surface area contributed by atoms with Gasteiger partial charge in [-0.05, 0) is 18.9 Å². The van der Waals surface area contributed by atoms with E-state index in [0.29, 0.717) is 11.9 Å². The Kier molecular flexibility index (Phi) is 3.98. The lowest BCUT2D eigenvalue weighted by Gasteiger charge is -2.02. The van der Waals surface area contributed by atoms with E-state index in [1.54, 1.807) is 0 Å². The number of nitrogens with zero attached hydrogens (tertiary/aromatic N) is 2. The third-order valence-corrected chi connectivity index (χ3v) is 2.58. The van der Waals surface area contributed by atoms with Crippen LogP contribution in [0.4, 0.5) is 6.01 Å². The summed E-state index contributed by atoms with van der Waals surface area (Å²) in [6.45, 7) is 2.84. The number of hydrogen-bond acceptors (Lipinski definition) is 4. The molecule has 0 amide bonds. The van der Waals surface area contributed by atoms with Crippen molar-refractivity contribution in [1.82, 2.24) is 10.2 Å². The van der Waals surface area contributed by atoms with Crippen LogP contribution in [0.1, 0.15) is 17.0 Å². The van der Waals surface area contributed by atoms with Crippen molar-refractivity contribution in [3.63, 3.8) is 0 Å². The van der Waals surface area contributed by atoms with Gasteiger partial charge >= 0.3 is 6.01 Å². The Labute approximate surface area is 105 Å². The summed E-state index contributed by atoms with van der Waals surface area (Å²) in [5.41, 5.74) is 2.55. The number of aryl methyl sites for hydroxylation is 1. The maximum absolute atomic E-state index is 5.56. The monoisotopic (exact) mass is 251 g/mol. The van der Waals surface area contributed by atoms with E-state index in [4.69, 9.17) is 16.0 Å². The first-order valence-corrected chi connectivity index (χ1v) is 5.99. The lowest BCUT2D eigenvalue weighted by Crippen LogP contribution is -2.05. The molecule has 0 aliphatic carbocycles. The molecular weight excluding hydrogens is 238 g/mol. The summed E-state index contributed by atoms with van der Waals surface area (Å²) in [5.74, 6) is 0.678. The Morgan fingerprint density at radius 3 is 2.94 bits per heavy atom. The molecule has 0 atom stereocenters. The minimum atomic E-state index is 0.243. The Hall–Kier alpha value is -1.55. The van der Waals surface area contributed by atoms with Crippen LogP contribution in [0, 0.1) is 6.92 Å². The number of benzene rings is 1. The molecule has 0 bridgehead atoms. The van der Waals surface area contributed by atoms with Crippen molar-refractivity contribution >= 4 is 17.6 Å². The van der Waals surface area contributed by atoms with Gasteiger partial charge in [0, 0.05) is 6.54 Å². The van der Waals surface area contributed by atoms with Gasteiger partial charge in [0.15, 0.2) is 0 Å². The van der Waals surface area contributed by atoms with E-state index >= 15 is 0 Å². The summed E-state index contributed by atoms with van der Waals surface area (Å²) in [6, 6.07) is 8.84. The molecule has 2 aromatic rings. The number of aromatic nitrogens is 2. The number of nitrogens with one attached hydrogen (secondary N) is 1. The standard InChI is InChI=1S/C12H14ClN3O/c1-9-3-2-4-10(7-9)5-6-14-12-16-15-11(8-13)17-12/h2-4,7H,5-6,8H2,1H3,(H,14,16). The third-order valence-electron chi connectivity index (χ3n) is 2.35. The summed E-state index contributed by atoms with van der Waals surface area (Å²) in [6.07, 6.45) is 0.917. The molecule has 0 saturated heterocycles. The molecule has 0 fully saturated rings. The van der Waals surface area contributed by atoms with Crippen molar-refractivity contribution < 1.29 is 4.42 Å². The van der Waals surface area contributed by atoms with Gasteiger partial charge in [-0.3, -0.25) is 0 Å². The second kappa shape index (κ2) is 5.68. The largest absolute Gasteiger partial charge is 0.407 e. The Balaban J connectivity index is 1.83. The van der Waals surface area contributed by atoms with Gasteiger partial charge in [-0.1, -0.05) is 34.9 Å². The highest BCUT2D eigenvalue weighted by Crippen LogP contribution is 2.08. The van der Waals surface area contributed by atoms with Crippen molar-refractivity contribution in [3.8, 4) is 0 Å². The summed E-state index contributed by atoms with van der Waals surface area (Å²) < 4.78 is 5.23. The zero-order valence-corrected chi connectivity index (χ0v) is 10.4. The predicted molar refractivity (Wildman–Crippen MR) is 67.2 cm³/mol. The van der Waals surface area contributed by atoms with Crippen molar-refractivity contribution in [1.29, 1.82) is 0 Å². The summed E-state index contributed by atoms with van der Waals surface area (Å²) in [4.78, 5) is 0. The summed E-state index contributed by atoms with van der Waals surface area (Å²) in [7, 11) is 0. The second-order valence-electron chi connectivity index (χ2n) is 3.80. The van der Waals surface area contributed by atoms with Crippen LogP contribution < -0.4 is 5.32 Å². The van der Waals surface area contributed by atoms with E-state index in [0.717, 1.165) is 13.0 Å². The molecule has 4 nitrogen and oxygen atoms in total. The lowest BCUT2D eigenvalue weighted by atomic mass is 10.1. The fraction of sp³-hybridized carbons (Fsp3) is 0.333. The molecule has 1 N–H and O–H groups in total. The normalized spacial score (nSPS) is 10.5. The zero-order valence-electron chi connectivity index (χ0n) is 9.61. The minimum absolute atomic E-state index is 0.243. The van der Waals surface area contributed by atoms with Crippen LogP contribution in [0.15, 0.2) is 28.7 Å². The first-order chi connectivity index (χ1) is 8.28. The van der Waals surface area contributed by atoms with E-state index < -0.39 is 0 Å². The SMILES string of the molecule is Cc1cccc(CCNc2nnc(CCl)o2)c1. The molecule has 0 spiro atoms. The molecule has 1 aromatic carbocycles. The number of alkyl halides is 1.